The molecular formula is C23H25N5O5. The second kappa shape index (κ2) is 9.35. The highest BCUT2D eigenvalue weighted by Crippen LogP contribution is 2.18. The van der Waals surface area contributed by atoms with Crippen molar-refractivity contribution in [3.63, 3.8) is 0 Å². The van der Waals surface area contributed by atoms with Crippen molar-refractivity contribution in [2.24, 2.45) is 10.9 Å². The molecule has 1 fully saturated rings. The lowest BCUT2D eigenvalue weighted by molar-refractivity contribution is -0.118. The fourth-order valence-electron chi connectivity index (χ4n) is 4.04. The Kier molecular flexibility index (Phi) is 6.34. The van der Waals surface area contributed by atoms with Crippen molar-refractivity contribution < 1.29 is 19.1 Å². The number of carbonyl (C=O) groups excluding carboxylic acids is 3. The van der Waals surface area contributed by atoms with Gasteiger partial charge < -0.3 is 15.0 Å². The first-order chi connectivity index (χ1) is 15.9. The summed E-state index contributed by atoms with van der Waals surface area (Å²) in [6.45, 7) is 5.60. The number of carbonyl (C=O) groups is 3. The molecule has 1 aromatic heterocycles. The number of aromatic nitrogens is 2. The number of benzene rings is 1. The van der Waals surface area contributed by atoms with Gasteiger partial charge in [-0.25, -0.2) is 4.79 Å². The standard InChI is InChI=1S/C23H25N5O5/c1-3-33-22(32)14-6-8-15(9-7-14)24-20(30)16-11-17(29)25-19-18(16)21(31)27-23(26-19)28-10-4-5-13(2)12-28/h6-9,13H,3-5,10-12H2,1-2H3,(H,24,30)(H,25,26,27,29,31). The van der Waals surface area contributed by atoms with Crippen molar-refractivity contribution in [2.45, 2.75) is 33.1 Å². The molecule has 0 bridgehead atoms. The molecule has 0 radical (unpaired) electrons. The fourth-order valence-corrected chi connectivity index (χ4v) is 4.04. The van der Waals surface area contributed by atoms with Gasteiger partial charge in [0.25, 0.3) is 17.4 Å². The maximum Gasteiger partial charge on any atom is 0.338 e. The van der Waals surface area contributed by atoms with Crippen molar-refractivity contribution in [1.29, 1.82) is 0 Å². The van der Waals surface area contributed by atoms with E-state index in [1.54, 1.807) is 19.1 Å². The molecule has 1 saturated heterocycles. The molecule has 2 aliphatic heterocycles. The maximum atomic E-state index is 13.0. The lowest BCUT2D eigenvalue weighted by atomic mass is 10.0. The Bertz CT molecular complexity index is 1280. The summed E-state index contributed by atoms with van der Waals surface area (Å²) < 4.78 is 4.94. The number of rotatable bonds is 5. The van der Waals surface area contributed by atoms with Gasteiger partial charge in [0.1, 0.15) is 0 Å². The van der Waals surface area contributed by atoms with E-state index in [2.05, 4.69) is 27.2 Å². The number of hydrogen-bond donors (Lipinski definition) is 2. The van der Waals surface area contributed by atoms with Crippen LogP contribution in [0.1, 0.15) is 43.5 Å². The SMILES string of the molecule is CCOC(=O)c1ccc(NC(=O)C2=c3c(nc(N4CCCC(C)C4)[nH]c3=O)=NC(=O)C2)cc1. The number of ether oxygens (including phenoxy) is 1. The van der Waals surface area contributed by atoms with E-state index in [0.29, 0.717) is 23.1 Å². The van der Waals surface area contributed by atoms with E-state index < -0.39 is 23.3 Å². The molecule has 1 aromatic carbocycles. The predicted octanol–water partition coefficient (Wildman–Crippen LogP) is 0.522. The average molecular weight is 451 g/mol. The van der Waals surface area contributed by atoms with Crippen LogP contribution in [-0.4, -0.2) is 47.4 Å². The Morgan fingerprint density at radius 1 is 1.24 bits per heavy atom. The molecule has 33 heavy (non-hydrogen) atoms. The number of fused-ring (bicyclic) bond motifs is 1. The summed E-state index contributed by atoms with van der Waals surface area (Å²) in [5.74, 6) is -0.786. The van der Waals surface area contributed by atoms with Crippen LogP contribution < -0.4 is 26.5 Å². The summed E-state index contributed by atoms with van der Waals surface area (Å²) in [5.41, 5.74) is 0.213. The van der Waals surface area contributed by atoms with Crippen molar-refractivity contribution in [3.05, 3.63) is 50.9 Å². The highest BCUT2D eigenvalue weighted by molar-refractivity contribution is 6.23. The summed E-state index contributed by atoms with van der Waals surface area (Å²) in [6, 6.07) is 6.13. The molecule has 1 atom stereocenters. The number of hydrogen-bond acceptors (Lipinski definition) is 7. The number of amides is 2. The smallest absolute Gasteiger partial charge is 0.338 e. The zero-order chi connectivity index (χ0) is 23.5. The van der Waals surface area contributed by atoms with Crippen molar-refractivity contribution in [2.75, 3.05) is 29.9 Å². The van der Waals surface area contributed by atoms with Crippen LogP contribution in [-0.2, 0) is 14.3 Å². The van der Waals surface area contributed by atoms with Crippen LogP contribution in [0.4, 0.5) is 11.6 Å². The minimum absolute atomic E-state index is 0.00375. The molecule has 10 heteroatoms. The minimum atomic E-state index is -0.602. The number of anilines is 2. The van der Waals surface area contributed by atoms with Crippen LogP contribution in [0.2, 0.25) is 0 Å². The van der Waals surface area contributed by atoms with Crippen LogP contribution in [0.15, 0.2) is 34.1 Å². The largest absolute Gasteiger partial charge is 0.462 e. The molecule has 2 aliphatic rings. The third-order valence-corrected chi connectivity index (χ3v) is 5.63. The van der Waals surface area contributed by atoms with E-state index >= 15 is 0 Å². The highest BCUT2D eigenvalue weighted by Gasteiger charge is 2.24. The van der Waals surface area contributed by atoms with Crippen molar-refractivity contribution >= 4 is 35.0 Å². The Balaban J connectivity index is 1.65. The molecule has 2 aromatic rings. The van der Waals surface area contributed by atoms with E-state index in [1.165, 1.54) is 12.1 Å². The molecule has 4 rings (SSSR count). The van der Waals surface area contributed by atoms with Crippen molar-refractivity contribution in [1.82, 2.24) is 9.97 Å². The minimum Gasteiger partial charge on any atom is -0.462 e. The van der Waals surface area contributed by atoms with Gasteiger partial charge in [-0.15, -0.1) is 0 Å². The lowest BCUT2D eigenvalue weighted by Gasteiger charge is -2.31. The van der Waals surface area contributed by atoms with E-state index in [4.69, 9.17) is 4.74 Å². The first-order valence-corrected chi connectivity index (χ1v) is 10.9. The summed E-state index contributed by atoms with van der Waals surface area (Å²) in [4.78, 5) is 62.9. The Hall–Kier alpha value is -3.82. The van der Waals surface area contributed by atoms with Gasteiger partial charge in [-0.1, -0.05) is 6.92 Å². The molecule has 10 nitrogen and oxygen atoms in total. The van der Waals surface area contributed by atoms with Gasteiger partial charge in [0, 0.05) is 24.4 Å². The van der Waals surface area contributed by atoms with Crippen LogP contribution in [0, 0.1) is 5.92 Å². The zero-order valence-electron chi connectivity index (χ0n) is 18.5. The monoisotopic (exact) mass is 451 g/mol. The van der Waals surface area contributed by atoms with Crippen molar-refractivity contribution in [3.8, 4) is 0 Å². The second-order valence-electron chi connectivity index (χ2n) is 8.19. The first-order valence-electron chi connectivity index (χ1n) is 10.9. The van der Waals surface area contributed by atoms with Gasteiger partial charge in [-0.2, -0.15) is 9.98 Å². The van der Waals surface area contributed by atoms with Gasteiger partial charge >= 0.3 is 5.97 Å². The lowest BCUT2D eigenvalue weighted by Crippen LogP contribution is -2.51. The number of nitrogens with one attached hydrogen (secondary N) is 2. The molecule has 1 unspecified atom stereocenters. The molecule has 0 saturated carbocycles. The molecule has 172 valence electrons. The van der Waals surface area contributed by atoms with Crippen LogP contribution >= 0.6 is 0 Å². The van der Waals surface area contributed by atoms with E-state index in [0.717, 1.165) is 25.9 Å². The zero-order valence-corrected chi connectivity index (χ0v) is 18.5. The first kappa shape index (κ1) is 22.4. The van der Waals surface area contributed by atoms with E-state index in [1.807, 2.05) is 4.90 Å². The maximum absolute atomic E-state index is 13.0. The number of aromatic amines is 1. The predicted molar refractivity (Wildman–Crippen MR) is 120 cm³/mol. The third kappa shape index (κ3) is 4.84. The number of piperidine rings is 1. The molecule has 0 spiro atoms. The Morgan fingerprint density at radius 2 is 2.00 bits per heavy atom. The normalized spacial score (nSPS) is 17.8. The number of H-pyrrole nitrogens is 1. The van der Waals surface area contributed by atoms with Crippen LogP contribution in [0.5, 0.6) is 0 Å². The average Bonchev–Trinajstić information content (AvgIpc) is 2.78. The summed E-state index contributed by atoms with van der Waals surface area (Å²) in [7, 11) is 0. The Morgan fingerprint density at radius 3 is 2.70 bits per heavy atom. The van der Waals surface area contributed by atoms with Gasteiger partial charge in [0.2, 0.25) is 5.95 Å². The summed E-state index contributed by atoms with van der Waals surface area (Å²) in [5, 5.41) is 2.67. The molecule has 3 heterocycles. The third-order valence-electron chi connectivity index (χ3n) is 5.63. The second-order valence-corrected chi connectivity index (χ2v) is 8.19. The fraction of sp³-hybridized carbons (Fsp3) is 0.391. The molecule has 2 amide bonds. The quantitative estimate of drug-likeness (QED) is 0.633. The molecule has 2 N–H and O–H groups in total. The van der Waals surface area contributed by atoms with Gasteiger partial charge in [0.15, 0.2) is 5.49 Å². The van der Waals surface area contributed by atoms with Gasteiger partial charge in [0.05, 0.1) is 23.8 Å². The molecule has 0 aliphatic carbocycles. The van der Waals surface area contributed by atoms with Crippen LogP contribution in [0.3, 0.4) is 0 Å². The highest BCUT2D eigenvalue weighted by atomic mass is 16.5. The Labute approximate surface area is 189 Å². The van der Waals surface area contributed by atoms with Crippen LogP contribution in [0.25, 0.3) is 5.57 Å². The topological polar surface area (TPSA) is 134 Å². The number of esters is 1. The van der Waals surface area contributed by atoms with Gasteiger partial charge in [-0.05, 0) is 49.9 Å². The van der Waals surface area contributed by atoms with E-state index in [-0.39, 0.29) is 29.3 Å². The van der Waals surface area contributed by atoms with Gasteiger partial charge in [-0.3, -0.25) is 19.4 Å². The summed E-state index contributed by atoms with van der Waals surface area (Å²) in [6.07, 6.45) is 1.78. The number of nitrogens with zero attached hydrogens (tertiary/aromatic N) is 3. The summed E-state index contributed by atoms with van der Waals surface area (Å²) >= 11 is 0. The van der Waals surface area contributed by atoms with E-state index in [9.17, 15) is 19.2 Å². The molecular weight excluding hydrogens is 426 g/mol.